The molecule has 0 radical (unpaired) electrons. The summed E-state index contributed by atoms with van der Waals surface area (Å²) >= 11 is 0. The van der Waals surface area contributed by atoms with Gasteiger partial charge in [-0.15, -0.1) is 0 Å². The van der Waals surface area contributed by atoms with E-state index in [4.69, 9.17) is 9.47 Å². The first-order valence-corrected chi connectivity index (χ1v) is 14.8. The molecule has 3 aromatic rings. The van der Waals surface area contributed by atoms with Gasteiger partial charge in [-0.25, -0.2) is 9.59 Å². The number of barbiturate groups is 1. The Bertz CT molecular complexity index is 1830. The predicted molar refractivity (Wildman–Crippen MR) is 162 cm³/mol. The van der Waals surface area contributed by atoms with Crippen LogP contribution in [0.3, 0.4) is 0 Å². The Labute approximate surface area is 263 Å². The molecule has 12 nitrogen and oxygen atoms in total. The Balaban J connectivity index is 1.30. The molecule has 3 heterocycles. The highest BCUT2D eigenvalue weighted by molar-refractivity contribution is 6.19. The van der Waals surface area contributed by atoms with Gasteiger partial charge >= 0.3 is 12.0 Å². The molecule has 12 heteroatoms. The number of nitrogens with one attached hydrogen (secondary N) is 3. The summed E-state index contributed by atoms with van der Waals surface area (Å²) in [4.78, 5) is 63.6. The molecule has 1 fully saturated rings. The third-order valence-corrected chi connectivity index (χ3v) is 8.92. The Morgan fingerprint density at radius 1 is 0.978 bits per heavy atom. The standard InChI is InChI=1S/C34H31N3O9/c1-3-7-18(2)33(30(42)36-32(44)37-31(33)43)15-6-10-27(40)35-17-21-25(39)14-13-24-28(21)45-26-16-19(38)11-12-23(26)34(24)22-9-5-4-8-20(22)29(41)46-34/h4-6,8-14,16,18,38-39H,3,7,15,17H2,1-2H3,(H,35,40)(H2,36,37,42,43,44)/b10-6+. The first kappa shape index (κ1) is 30.4. The number of urea groups is 1. The van der Waals surface area contributed by atoms with Gasteiger partial charge in [-0.2, -0.15) is 0 Å². The second-order valence-electron chi connectivity index (χ2n) is 11.6. The smallest absolute Gasteiger partial charge is 0.340 e. The van der Waals surface area contributed by atoms with Crippen molar-refractivity contribution >= 4 is 29.7 Å². The van der Waals surface area contributed by atoms with E-state index in [9.17, 15) is 34.2 Å². The molecule has 5 amide bonds. The molecule has 0 bridgehead atoms. The summed E-state index contributed by atoms with van der Waals surface area (Å²) in [6, 6.07) is 13.5. The van der Waals surface area contributed by atoms with Gasteiger partial charge < -0.3 is 25.0 Å². The number of carbonyl (C=O) groups is 5. The number of ether oxygens (including phenoxy) is 2. The highest BCUT2D eigenvalue weighted by atomic mass is 16.6. The Hall–Kier alpha value is -5.65. The maximum atomic E-state index is 13.1. The second-order valence-corrected chi connectivity index (χ2v) is 11.6. The van der Waals surface area contributed by atoms with Crippen molar-refractivity contribution in [2.75, 3.05) is 0 Å². The van der Waals surface area contributed by atoms with Gasteiger partial charge in [-0.05, 0) is 55.2 Å². The van der Waals surface area contributed by atoms with Crippen LogP contribution in [0, 0.1) is 11.3 Å². The van der Waals surface area contributed by atoms with Crippen LogP contribution >= 0.6 is 0 Å². The molecule has 3 aliphatic heterocycles. The van der Waals surface area contributed by atoms with Crippen LogP contribution in [0.25, 0.3) is 0 Å². The average Bonchev–Trinajstić information content (AvgIpc) is 3.30. The minimum absolute atomic E-state index is 0.0918. The molecule has 46 heavy (non-hydrogen) atoms. The van der Waals surface area contributed by atoms with E-state index in [1.54, 1.807) is 43.3 Å². The molecule has 1 saturated heterocycles. The van der Waals surface area contributed by atoms with Crippen LogP contribution < -0.4 is 20.7 Å². The lowest BCUT2D eigenvalue weighted by atomic mass is 9.69. The zero-order valence-corrected chi connectivity index (χ0v) is 25.0. The van der Waals surface area contributed by atoms with E-state index < -0.39 is 46.7 Å². The summed E-state index contributed by atoms with van der Waals surface area (Å²) < 4.78 is 12.3. The number of hydrogen-bond acceptors (Lipinski definition) is 9. The van der Waals surface area contributed by atoms with Crippen molar-refractivity contribution < 1.29 is 43.7 Å². The van der Waals surface area contributed by atoms with Crippen molar-refractivity contribution in [1.82, 2.24) is 16.0 Å². The summed E-state index contributed by atoms with van der Waals surface area (Å²) in [5.41, 5.74) is -1.02. The lowest BCUT2D eigenvalue weighted by Gasteiger charge is -2.38. The third-order valence-electron chi connectivity index (χ3n) is 8.92. The number of amides is 5. The lowest BCUT2D eigenvalue weighted by molar-refractivity contribution is -0.148. The van der Waals surface area contributed by atoms with Crippen LogP contribution in [0.4, 0.5) is 4.79 Å². The van der Waals surface area contributed by atoms with Crippen LogP contribution in [0.2, 0.25) is 0 Å². The van der Waals surface area contributed by atoms with E-state index >= 15 is 0 Å². The first-order chi connectivity index (χ1) is 22.0. The lowest BCUT2D eigenvalue weighted by Crippen LogP contribution is -2.64. The van der Waals surface area contributed by atoms with Gasteiger partial charge in [0.15, 0.2) is 5.60 Å². The van der Waals surface area contributed by atoms with Gasteiger partial charge in [0.25, 0.3) is 0 Å². The average molecular weight is 626 g/mol. The van der Waals surface area contributed by atoms with Gasteiger partial charge in [0.05, 0.1) is 17.7 Å². The van der Waals surface area contributed by atoms with Crippen molar-refractivity contribution in [3.63, 3.8) is 0 Å². The van der Waals surface area contributed by atoms with Crippen LogP contribution in [0.5, 0.6) is 23.0 Å². The first-order valence-electron chi connectivity index (χ1n) is 14.8. The fourth-order valence-electron chi connectivity index (χ4n) is 6.60. The summed E-state index contributed by atoms with van der Waals surface area (Å²) in [5.74, 6) is -2.97. The third kappa shape index (κ3) is 4.64. The zero-order chi connectivity index (χ0) is 32.8. The quantitative estimate of drug-likeness (QED) is 0.140. The second kappa shape index (κ2) is 11.4. The van der Waals surface area contributed by atoms with Crippen molar-refractivity contribution in [1.29, 1.82) is 0 Å². The zero-order valence-electron chi connectivity index (χ0n) is 25.0. The number of phenolic OH excluding ortho intramolecular Hbond substituents is 2. The number of benzene rings is 3. The van der Waals surface area contributed by atoms with Crippen molar-refractivity contribution in [2.24, 2.45) is 11.3 Å². The fraction of sp³-hybridized carbons (Fsp3) is 0.265. The Kier molecular flexibility index (Phi) is 7.51. The number of phenols is 2. The SMILES string of the molecule is CCCC(C)C1(C/C=C/C(=O)NCc2c(O)ccc3c2Oc2cc(O)ccc2C32OC(=O)c3ccccc32)C(=O)NC(=O)NC1=O. The number of imide groups is 2. The van der Waals surface area contributed by atoms with Crippen LogP contribution in [-0.4, -0.2) is 39.9 Å². The molecule has 0 aliphatic carbocycles. The monoisotopic (exact) mass is 625 g/mol. The number of hydrogen-bond donors (Lipinski definition) is 5. The number of allylic oxidation sites excluding steroid dienone is 1. The van der Waals surface area contributed by atoms with Crippen LogP contribution in [0.15, 0.2) is 66.7 Å². The van der Waals surface area contributed by atoms with E-state index in [1.807, 2.05) is 6.92 Å². The molecule has 3 aromatic carbocycles. The molecular formula is C34H31N3O9. The van der Waals surface area contributed by atoms with Crippen LogP contribution in [0.1, 0.15) is 65.7 Å². The van der Waals surface area contributed by atoms with Crippen molar-refractivity contribution in [3.05, 3.63) is 94.6 Å². The fourth-order valence-corrected chi connectivity index (χ4v) is 6.60. The maximum Gasteiger partial charge on any atom is 0.340 e. The van der Waals surface area contributed by atoms with Gasteiger partial charge in [0.1, 0.15) is 28.4 Å². The van der Waals surface area contributed by atoms with E-state index in [0.717, 1.165) is 0 Å². The number of fused-ring (bicyclic) bond motifs is 6. The molecule has 1 spiro atoms. The number of rotatable bonds is 8. The summed E-state index contributed by atoms with van der Waals surface area (Å²) in [5, 5.41) is 28.2. The van der Waals surface area contributed by atoms with E-state index in [-0.39, 0.29) is 41.5 Å². The minimum atomic E-state index is -1.58. The number of aromatic hydroxyl groups is 2. The molecular weight excluding hydrogens is 594 g/mol. The largest absolute Gasteiger partial charge is 0.508 e. The topological polar surface area (TPSA) is 180 Å². The van der Waals surface area contributed by atoms with Crippen molar-refractivity contribution in [3.8, 4) is 23.0 Å². The molecule has 0 saturated carbocycles. The Morgan fingerprint density at radius 3 is 2.43 bits per heavy atom. The molecule has 6 rings (SSSR count). The van der Waals surface area contributed by atoms with Gasteiger partial charge in [-0.1, -0.05) is 44.5 Å². The summed E-state index contributed by atoms with van der Waals surface area (Å²) in [6.45, 7) is 3.44. The maximum absolute atomic E-state index is 13.1. The molecule has 0 aromatic heterocycles. The van der Waals surface area contributed by atoms with Crippen LogP contribution in [-0.2, 0) is 31.3 Å². The minimum Gasteiger partial charge on any atom is -0.508 e. The van der Waals surface area contributed by atoms with Gasteiger partial charge in [-0.3, -0.25) is 25.0 Å². The molecule has 5 N–H and O–H groups in total. The molecule has 2 unspecified atom stereocenters. The number of esters is 1. The molecule has 2 atom stereocenters. The highest BCUT2D eigenvalue weighted by Crippen LogP contribution is 2.58. The Morgan fingerprint density at radius 2 is 1.70 bits per heavy atom. The van der Waals surface area contributed by atoms with Gasteiger partial charge in [0, 0.05) is 22.8 Å². The highest BCUT2D eigenvalue weighted by Gasteiger charge is 2.55. The van der Waals surface area contributed by atoms with E-state index in [2.05, 4.69) is 16.0 Å². The summed E-state index contributed by atoms with van der Waals surface area (Å²) in [6.07, 6.45) is 3.68. The predicted octanol–water partition coefficient (Wildman–Crippen LogP) is 4.02. The van der Waals surface area contributed by atoms with Crippen molar-refractivity contribution in [2.45, 2.75) is 45.3 Å². The number of carbonyl (C=O) groups excluding carboxylic acids is 5. The van der Waals surface area contributed by atoms with Gasteiger partial charge in [0.2, 0.25) is 17.7 Å². The van der Waals surface area contributed by atoms with E-state index in [0.29, 0.717) is 35.1 Å². The normalized spacial score (nSPS) is 19.8. The summed E-state index contributed by atoms with van der Waals surface area (Å²) in [7, 11) is 0. The molecule has 3 aliphatic rings. The van der Waals surface area contributed by atoms with E-state index in [1.165, 1.54) is 30.4 Å². The molecule has 236 valence electrons.